The highest BCUT2D eigenvalue weighted by Gasteiger charge is 2.20. The summed E-state index contributed by atoms with van der Waals surface area (Å²) in [5.74, 6) is -1.13. The van der Waals surface area contributed by atoms with Crippen LogP contribution in [0.1, 0.15) is 10.6 Å². The average Bonchev–Trinajstić information content (AvgIpc) is 3.19. The fourth-order valence-corrected chi connectivity index (χ4v) is 2.70. The number of nitro groups is 2. The second-order valence-electron chi connectivity index (χ2n) is 5.80. The van der Waals surface area contributed by atoms with E-state index in [-0.39, 0.29) is 45.0 Å². The Kier molecular flexibility index (Phi) is 5.69. The molecule has 0 radical (unpaired) electrons. The molecule has 30 heavy (non-hydrogen) atoms. The van der Waals surface area contributed by atoms with Gasteiger partial charge < -0.3 is 14.8 Å². The van der Waals surface area contributed by atoms with Crippen molar-refractivity contribution in [2.24, 2.45) is 0 Å². The van der Waals surface area contributed by atoms with Gasteiger partial charge in [0.25, 0.3) is 17.3 Å². The number of phenolic OH excluding ortho intramolecular Hbond substituents is 1. The van der Waals surface area contributed by atoms with Crippen LogP contribution in [0.4, 0.5) is 17.1 Å². The highest BCUT2D eigenvalue weighted by atomic mass is 32.1. The van der Waals surface area contributed by atoms with Crippen molar-refractivity contribution >= 4 is 40.3 Å². The molecule has 0 saturated heterocycles. The van der Waals surface area contributed by atoms with Crippen LogP contribution >= 0.6 is 12.2 Å². The first kappa shape index (κ1) is 20.4. The van der Waals surface area contributed by atoms with Crippen molar-refractivity contribution < 1.29 is 24.2 Å². The largest absolute Gasteiger partial charge is 0.506 e. The van der Waals surface area contributed by atoms with Gasteiger partial charge in [-0.3, -0.25) is 30.3 Å². The maximum atomic E-state index is 12.3. The molecule has 0 aliphatic carbocycles. The standard InChI is InChI=1S/C18H12N4O7S/c23-14-6-5-10(21(25)26)9-12(14)19-18(30)20-17(24)16-8-7-15(29-16)11-3-1-2-4-13(11)22(27)28/h1-9,23H,(H2,19,20,24,30). The number of anilines is 1. The fraction of sp³-hybridized carbons (Fsp3) is 0. The first-order valence-corrected chi connectivity index (χ1v) is 8.60. The molecule has 0 saturated carbocycles. The third kappa shape index (κ3) is 4.39. The highest BCUT2D eigenvalue weighted by Crippen LogP contribution is 2.31. The molecule has 1 aromatic heterocycles. The Hall–Kier alpha value is -4.32. The molecule has 0 aliphatic heterocycles. The molecular formula is C18H12N4O7S. The summed E-state index contributed by atoms with van der Waals surface area (Å²) < 4.78 is 5.41. The van der Waals surface area contributed by atoms with Crippen LogP contribution < -0.4 is 10.6 Å². The second kappa shape index (κ2) is 8.36. The van der Waals surface area contributed by atoms with Crippen LogP contribution in [0.5, 0.6) is 5.75 Å². The lowest BCUT2D eigenvalue weighted by Gasteiger charge is -2.10. The first-order valence-electron chi connectivity index (χ1n) is 8.19. The van der Waals surface area contributed by atoms with Gasteiger partial charge in [-0.25, -0.2) is 0 Å². The van der Waals surface area contributed by atoms with Crippen LogP contribution in [0.15, 0.2) is 59.0 Å². The summed E-state index contributed by atoms with van der Waals surface area (Å²) in [5.41, 5.74) is -0.347. The van der Waals surface area contributed by atoms with Gasteiger partial charge in [-0.1, -0.05) is 12.1 Å². The lowest BCUT2D eigenvalue weighted by molar-refractivity contribution is -0.384. The molecule has 0 aliphatic rings. The Balaban J connectivity index is 1.74. The van der Waals surface area contributed by atoms with Crippen LogP contribution in [0, 0.1) is 20.2 Å². The van der Waals surface area contributed by atoms with Crippen molar-refractivity contribution in [3.8, 4) is 17.1 Å². The number of phenols is 1. The van der Waals surface area contributed by atoms with Crippen LogP contribution in [0.25, 0.3) is 11.3 Å². The van der Waals surface area contributed by atoms with Gasteiger partial charge in [-0.15, -0.1) is 0 Å². The van der Waals surface area contributed by atoms with Gasteiger partial charge in [0, 0.05) is 18.2 Å². The minimum Gasteiger partial charge on any atom is -0.506 e. The molecule has 0 spiro atoms. The number of hydrogen-bond donors (Lipinski definition) is 3. The van der Waals surface area contributed by atoms with Crippen LogP contribution in [-0.2, 0) is 0 Å². The zero-order chi connectivity index (χ0) is 21.8. The van der Waals surface area contributed by atoms with Gasteiger partial charge in [0.1, 0.15) is 11.5 Å². The number of hydrogen-bond acceptors (Lipinski definition) is 8. The van der Waals surface area contributed by atoms with E-state index in [1.54, 1.807) is 6.07 Å². The van der Waals surface area contributed by atoms with Crippen molar-refractivity contribution in [3.63, 3.8) is 0 Å². The fourth-order valence-electron chi connectivity index (χ4n) is 2.50. The Labute approximate surface area is 173 Å². The molecule has 12 heteroatoms. The van der Waals surface area contributed by atoms with Gasteiger partial charge in [-0.05, 0) is 36.5 Å². The van der Waals surface area contributed by atoms with Gasteiger partial charge >= 0.3 is 0 Å². The number of benzene rings is 2. The molecule has 0 unspecified atom stereocenters. The summed E-state index contributed by atoms with van der Waals surface area (Å²) >= 11 is 4.98. The number of amides is 1. The quantitative estimate of drug-likeness (QED) is 0.239. The maximum absolute atomic E-state index is 12.3. The number of non-ortho nitro benzene ring substituents is 1. The number of para-hydroxylation sites is 1. The summed E-state index contributed by atoms with van der Waals surface area (Å²) in [6, 6.07) is 11.9. The minimum atomic E-state index is -0.762. The number of rotatable bonds is 5. The molecule has 0 atom stereocenters. The minimum absolute atomic E-state index is 0.0745. The van der Waals surface area contributed by atoms with Crippen molar-refractivity contribution in [1.82, 2.24) is 5.32 Å². The van der Waals surface area contributed by atoms with Gasteiger partial charge in [0.15, 0.2) is 10.9 Å². The Morgan fingerprint density at radius 3 is 2.47 bits per heavy atom. The summed E-state index contributed by atoms with van der Waals surface area (Å²) in [5, 5.41) is 36.3. The number of furan rings is 1. The van der Waals surface area contributed by atoms with E-state index in [0.29, 0.717) is 0 Å². The van der Waals surface area contributed by atoms with Crippen molar-refractivity contribution in [1.29, 1.82) is 0 Å². The van der Waals surface area contributed by atoms with Crippen molar-refractivity contribution in [2.45, 2.75) is 0 Å². The monoisotopic (exact) mass is 428 g/mol. The van der Waals surface area contributed by atoms with E-state index in [2.05, 4.69) is 10.6 Å². The number of nitro benzene ring substituents is 2. The molecule has 2 aromatic carbocycles. The molecule has 1 amide bonds. The third-order valence-corrected chi connectivity index (χ3v) is 4.07. The smallest absolute Gasteiger partial charge is 0.293 e. The Morgan fingerprint density at radius 2 is 1.77 bits per heavy atom. The number of aromatic hydroxyl groups is 1. The number of thiocarbonyl (C=S) groups is 1. The first-order chi connectivity index (χ1) is 14.3. The summed E-state index contributed by atoms with van der Waals surface area (Å²) in [4.78, 5) is 33.1. The molecule has 0 bridgehead atoms. The zero-order valence-electron chi connectivity index (χ0n) is 14.9. The molecular weight excluding hydrogens is 416 g/mol. The lowest BCUT2D eigenvalue weighted by Crippen LogP contribution is -2.33. The summed E-state index contributed by atoms with van der Waals surface area (Å²) in [6.07, 6.45) is 0. The van der Waals surface area contributed by atoms with Gasteiger partial charge in [-0.2, -0.15) is 0 Å². The van der Waals surface area contributed by atoms with E-state index in [4.69, 9.17) is 16.6 Å². The van der Waals surface area contributed by atoms with Crippen molar-refractivity contribution in [2.75, 3.05) is 5.32 Å². The average molecular weight is 428 g/mol. The van der Waals surface area contributed by atoms with E-state index < -0.39 is 15.8 Å². The van der Waals surface area contributed by atoms with E-state index in [9.17, 15) is 30.1 Å². The number of nitrogens with zero attached hydrogens (tertiary/aromatic N) is 2. The molecule has 3 rings (SSSR count). The van der Waals surface area contributed by atoms with Crippen molar-refractivity contribution in [3.05, 3.63) is 80.6 Å². The lowest BCUT2D eigenvalue weighted by atomic mass is 10.1. The number of nitrogens with one attached hydrogen (secondary N) is 2. The molecule has 3 N–H and O–H groups in total. The number of carbonyl (C=O) groups excluding carboxylic acids is 1. The molecule has 3 aromatic rings. The van der Waals surface area contributed by atoms with E-state index in [1.807, 2.05) is 0 Å². The SMILES string of the molecule is O=C(NC(=S)Nc1cc([N+](=O)[O-])ccc1O)c1ccc(-c2ccccc2[N+](=O)[O-])o1. The summed E-state index contributed by atoms with van der Waals surface area (Å²) in [7, 11) is 0. The number of carbonyl (C=O) groups is 1. The Bertz CT molecular complexity index is 1170. The van der Waals surface area contributed by atoms with E-state index >= 15 is 0 Å². The molecule has 1 heterocycles. The van der Waals surface area contributed by atoms with Crippen LogP contribution in [-0.4, -0.2) is 26.0 Å². The highest BCUT2D eigenvalue weighted by molar-refractivity contribution is 7.80. The molecule has 152 valence electrons. The normalized spacial score (nSPS) is 10.3. The van der Waals surface area contributed by atoms with E-state index in [1.165, 1.54) is 30.3 Å². The second-order valence-corrected chi connectivity index (χ2v) is 6.21. The van der Waals surface area contributed by atoms with Gasteiger partial charge in [0.05, 0.1) is 21.1 Å². The zero-order valence-corrected chi connectivity index (χ0v) is 15.7. The van der Waals surface area contributed by atoms with Crippen LogP contribution in [0.3, 0.4) is 0 Å². The van der Waals surface area contributed by atoms with Gasteiger partial charge in [0.2, 0.25) is 0 Å². The molecule has 11 nitrogen and oxygen atoms in total. The predicted octanol–water partition coefficient (Wildman–Crippen LogP) is 3.60. The van der Waals surface area contributed by atoms with Crippen LogP contribution in [0.2, 0.25) is 0 Å². The molecule has 0 fully saturated rings. The topological polar surface area (TPSA) is 161 Å². The third-order valence-electron chi connectivity index (χ3n) is 3.86. The Morgan fingerprint density at radius 1 is 1.03 bits per heavy atom. The predicted molar refractivity (Wildman–Crippen MR) is 109 cm³/mol. The summed E-state index contributed by atoms with van der Waals surface area (Å²) in [6.45, 7) is 0. The van der Waals surface area contributed by atoms with E-state index in [0.717, 1.165) is 18.2 Å². The maximum Gasteiger partial charge on any atom is 0.293 e.